The summed E-state index contributed by atoms with van der Waals surface area (Å²) in [5, 5.41) is -0.344. The summed E-state index contributed by atoms with van der Waals surface area (Å²) < 4.78 is 25.9. The molecule has 1 heterocycles. The number of Topliss-reactive ketones (excluding diaryl/α,β-unsaturated/α-hetero) is 2. The summed E-state index contributed by atoms with van der Waals surface area (Å²) in [5.74, 6) is 0.120. The van der Waals surface area contributed by atoms with E-state index in [-0.39, 0.29) is 16.8 Å². The Morgan fingerprint density at radius 2 is 2.00 bits per heavy atom. The second-order valence-electron chi connectivity index (χ2n) is 4.45. The summed E-state index contributed by atoms with van der Waals surface area (Å²) in [5.41, 5.74) is 0.574. The van der Waals surface area contributed by atoms with E-state index < -0.39 is 10.1 Å². The van der Waals surface area contributed by atoms with Crippen LogP contribution >= 0.6 is 12.6 Å². The van der Waals surface area contributed by atoms with E-state index in [4.69, 9.17) is 4.55 Å². The van der Waals surface area contributed by atoms with Gasteiger partial charge in [0.1, 0.15) is 5.78 Å². The molecule has 1 rings (SSSR count). The maximum atomic E-state index is 11.8. The zero-order valence-electron chi connectivity index (χ0n) is 11.9. The lowest BCUT2D eigenvalue weighted by atomic mass is 10.0. The van der Waals surface area contributed by atoms with Gasteiger partial charge in [0.25, 0.3) is 10.1 Å². The Kier molecular flexibility index (Phi) is 9.07. The minimum atomic E-state index is -3.67. The first-order valence-corrected chi connectivity index (χ1v) is 8.52. The van der Waals surface area contributed by atoms with Crippen molar-refractivity contribution in [3.63, 3.8) is 0 Å². The first kappa shape index (κ1) is 19.8. The SMILES string of the molecule is CC(=O)CCCC(S)C(=O)c1cccnc1.CS(=O)(=O)O. The molecule has 0 spiro atoms. The van der Waals surface area contributed by atoms with Crippen molar-refractivity contribution in [2.75, 3.05) is 6.26 Å². The fourth-order valence-corrected chi connectivity index (χ4v) is 1.71. The molecule has 0 radical (unpaired) electrons. The molecule has 0 aromatic carbocycles. The maximum absolute atomic E-state index is 11.8. The van der Waals surface area contributed by atoms with Crippen LogP contribution in [0.4, 0.5) is 0 Å². The van der Waals surface area contributed by atoms with Crippen molar-refractivity contribution in [3.8, 4) is 0 Å². The van der Waals surface area contributed by atoms with E-state index in [1.165, 1.54) is 6.20 Å². The molecular weight excluding hydrogens is 314 g/mol. The van der Waals surface area contributed by atoms with E-state index in [9.17, 15) is 18.0 Å². The van der Waals surface area contributed by atoms with Gasteiger partial charge in [-0.15, -0.1) is 0 Å². The first-order chi connectivity index (χ1) is 9.61. The number of hydrogen-bond donors (Lipinski definition) is 2. The van der Waals surface area contributed by atoms with Gasteiger partial charge in [-0.25, -0.2) is 0 Å². The van der Waals surface area contributed by atoms with Gasteiger partial charge in [-0.05, 0) is 31.9 Å². The average Bonchev–Trinajstić information content (AvgIpc) is 2.36. The van der Waals surface area contributed by atoms with Gasteiger partial charge in [0.15, 0.2) is 5.78 Å². The third kappa shape index (κ3) is 12.2. The molecule has 0 aliphatic heterocycles. The van der Waals surface area contributed by atoms with Crippen molar-refractivity contribution in [1.82, 2.24) is 4.98 Å². The number of thiol groups is 1. The van der Waals surface area contributed by atoms with Crippen molar-refractivity contribution < 1.29 is 22.6 Å². The largest absolute Gasteiger partial charge is 0.300 e. The molecule has 0 aliphatic carbocycles. The van der Waals surface area contributed by atoms with Gasteiger partial charge < -0.3 is 4.79 Å². The van der Waals surface area contributed by atoms with Crippen LogP contribution in [0, 0.1) is 0 Å². The molecule has 1 aromatic rings. The molecule has 0 bridgehead atoms. The predicted molar refractivity (Wildman–Crippen MR) is 83.3 cm³/mol. The Morgan fingerprint density at radius 1 is 1.43 bits per heavy atom. The minimum Gasteiger partial charge on any atom is -0.300 e. The highest BCUT2D eigenvalue weighted by Crippen LogP contribution is 2.13. The van der Waals surface area contributed by atoms with Crippen molar-refractivity contribution in [3.05, 3.63) is 30.1 Å². The van der Waals surface area contributed by atoms with E-state index in [0.29, 0.717) is 31.1 Å². The van der Waals surface area contributed by atoms with Crippen LogP contribution in [0.5, 0.6) is 0 Å². The standard InChI is InChI=1S/C12H15NO2S.CH4O3S/c1-9(14)4-2-6-11(16)12(15)10-5-3-7-13-8-10;1-5(2,3)4/h3,5,7-8,11,16H,2,4,6H2,1H3;1H3,(H,2,3,4). The first-order valence-electron chi connectivity index (χ1n) is 6.15. The number of nitrogens with zero attached hydrogens (tertiary/aromatic N) is 1. The average molecular weight is 333 g/mol. The predicted octanol–water partition coefficient (Wildman–Crippen LogP) is 1.83. The molecule has 6 nitrogen and oxygen atoms in total. The van der Waals surface area contributed by atoms with Gasteiger partial charge in [-0.3, -0.25) is 14.3 Å². The third-order valence-electron chi connectivity index (χ3n) is 2.26. The van der Waals surface area contributed by atoms with E-state index in [1.54, 1.807) is 25.3 Å². The second kappa shape index (κ2) is 9.64. The summed E-state index contributed by atoms with van der Waals surface area (Å²) in [6.45, 7) is 1.55. The lowest BCUT2D eigenvalue weighted by molar-refractivity contribution is -0.117. The van der Waals surface area contributed by atoms with Gasteiger partial charge in [0.05, 0.1) is 11.5 Å². The summed E-state index contributed by atoms with van der Waals surface area (Å²) in [7, 11) is -3.67. The minimum absolute atomic E-state index is 0.0278. The summed E-state index contributed by atoms with van der Waals surface area (Å²) in [6.07, 6.45) is 5.72. The normalized spacial score (nSPS) is 12.0. The number of hydrogen-bond acceptors (Lipinski definition) is 6. The van der Waals surface area contributed by atoms with E-state index in [2.05, 4.69) is 17.6 Å². The monoisotopic (exact) mass is 333 g/mol. The zero-order valence-corrected chi connectivity index (χ0v) is 13.6. The second-order valence-corrected chi connectivity index (χ2v) is 6.54. The highest BCUT2D eigenvalue weighted by atomic mass is 32.2. The van der Waals surface area contributed by atoms with E-state index in [0.717, 1.165) is 0 Å². The summed E-state index contributed by atoms with van der Waals surface area (Å²) in [4.78, 5) is 26.5. The summed E-state index contributed by atoms with van der Waals surface area (Å²) in [6, 6.07) is 3.45. The maximum Gasteiger partial charge on any atom is 0.261 e. The Bertz CT molecular complexity index is 549. The third-order valence-corrected chi connectivity index (χ3v) is 2.75. The molecule has 1 aromatic heterocycles. The number of pyridine rings is 1. The molecule has 0 saturated carbocycles. The van der Waals surface area contributed by atoms with Crippen LogP contribution in [-0.4, -0.2) is 41.0 Å². The molecule has 21 heavy (non-hydrogen) atoms. The zero-order chi connectivity index (χ0) is 16.5. The fourth-order valence-electron chi connectivity index (χ4n) is 1.38. The highest BCUT2D eigenvalue weighted by Gasteiger charge is 2.15. The highest BCUT2D eigenvalue weighted by molar-refractivity contribution is 7.85. The van der Waals surface area contributed by atoms with Crippen molar-refractivity contribution in [2.24, 2.45) is 0 Å². The van der Waals surface area contributed by atoms with Crippen LogP contribution in [0.15, 0.2) is 24.5 Å². The van der Waals surface area contributed by atoms with Gasteiger partial charge in [-0.2, -0.15) is 21.0 Å². The van der Waals surface area contributed by atoms with Crippen molar-refractivity contribution in [1.29, 1.82) is 0 Å². The van der Waals surface area contributed by atoms with Gasteiger partial charge in [0, 0.05) is 24.4 Å². The Balaban J connectivity index is 0.000000690. The summed E-state index contributed by atoms with van der Waals surface area (Å²) >= 11 is 4.25. The van der Waals surface area contributed by atoms with E-state index >= 15 is 0 Å². The van der Waals surface area contributed by atoms with Crippen LogP contribution in [0.2, 0.25) is 0 Å². The van der Waals surface area contributed by atoms with Gasteiger partial charge in [-0.1, -0.05) is 0 Å². The number of carbonyl (C=O) groups is 2. The fraction of sp³-hybridized carbons (Fsp3) is 0.462. The Labute approximate surface area is 130 Å². The Morgan fingerprint density at radius 3 is 2.43 bits per heavy atom. The molecule has 1 N–H and O–H groups in total. The molecule has 0 aliphatic rings. The van der Waals surface area contributed by atoms with Gasteiger partial charge in [0.2, 0.25) is 0 Å². The van der Waals surface area contributed by atoms with Crippen LogP contribution < -0.4 is 0 Å². The van der Waals surface area contributed by atoms with E-state index in [1.807, 2.05) is 0 Å². The number of ketones is 2. The van der Waals surface area contributed by atoms with Crippen molar-refractivity contribution in [2.45, 2.75) is 31.4 Å². The molecule has 118 valence electrons. The van der Waals surface area contributed by atoms with Gasteiger partial charge >= 0.3 is 0 Å². The molecule has 8 heteroatoms. The van der Waals surface area contributed by atoms with Crippen LogP contribution in [0.3, 0.4) is 0 Å². The van der Waals surface area contributed by atoms with Crippen molar-refractivity contribution >= 4 is 34.3 Å². The molecule has 0 saturated heterocycles. The molecule has 1 atom stereocenters. The lowest BCUT2D eigenvalue weighted by Gasteiger charge is -2.08. The smallest absolute Gasteiger partial charge is 0.261 e. The number of aromatic nitrogens is 1. The van der Waals surface area contributed by atoms with Crippen LogP contribution in [-0.2, 0) is 14.9 Å². The number of rotatable bonds is 6. The molecular formula is C13H19NO5S2. The van der Waals surface area contributed by atoms with Crippen LogP contribution in [0.1, 0.15) is 36.5 Å². The Hall–Kier alpha value is -1.25. The topological polar surface area (TPSA) is 101 Å². The quantitative estimate of drug-likeness (QED) is 0.468. The molecule has 0 amide bonds. The van der Waals surface area contributed by atoms with Crippen LogP contribution in [0.25, 0.3) is 0 Å². The molecule has 0 fully saturated rings. The molecule has 1 unspecified atom stereocenters. The number of carbonyl (C=O) groups excluding carboxylic acids is 2. The lowest BCUT2D eigenvalue weighted by Crippen LogP contribution is -2.15.